The van der Waals surface area contributed by atoms with Gasteiger partial charge in [-0.1, -0.05) is 6.92 Å². The predicted molar refractivity (Wildman–Crippen MR) is 51.7 cm³/mol. The molecule has 1 aromatic heterocycles. The van der Waals surface area contributed by atoms with Crippen molar-refractivity contribution in [3.05, 3.63) is 18.4 Å². The molecular formula is C9H15N3O2. The largest absolute Gasteiger partial charge is 0.451 e. The Kier molecular flexibility index (Phi) is 3.64. The molecule has 78 valence electrons. The minimum absolute atomic E-state index is 0.0285. The highest BCUT2D eigenvalue weighted by Gasteiger charge is 2.16. The fourth-order valence-electron chi connectivity index (χ4n) is 1.17. The molecule has 0 spiro atoms. The summed E-state index contributed by atoms with van der Waals surface area (Å²) < 4.78 is 4.71. The number of amides is 1. The molecule has 0 aliphatic heterocycles. The van der Waals surface area contributed by atoms with Gasteiger partial charge in [-0.05, 0) is 13.3 Å². The van der Waals surface area contributed by atoms with E-state index in [4.69, 9.17) is 10.2 Å². The minimum atomic E-state index is -0.247. The number of carbonyl (C=O) groups excluding carboxylic acids is 1. The number of hydrogen-bond acceptors (Lipinski definition) is 4. The van der Waals surface area contributed by atoms with Crippen LogP contribution < -0.4 is 11.1 Å². The second-order valence-corrected chi connectivity index (χ2v) is 3.22. The quantitative estimate of drug-likeness (QED) is 0.737. The van der Waals surface area contributed by atoms with Gasteiger partial charge in [-0.3, -0.25) is 4.79 Å². The third-order valence-electron chi connectivity index (χ3n) is 2.06. The van der Waals surface area contributed by atoms with Gasteiger partial charge in [0.15, 0.2) is 12.1 Å². The van der Waals surface area contributed by atoms with Crippen molar-refractivity contribution in [2.45, 2.75) is 32.4 Å². The second-order valence-electron chi connectivity index (χ2n) is 3.22. The molecule has 0 bridgehead atoms. The number of hydrogen-bond donors (Lipinski definition) is 2. The van der Waals surface area contributed by atoms with Crippen LogP contribution in [0.3, 0.4) is 0 Å². The van der Waals surface area contributed by atoms with Gasteiger partial charge in [-0.15, -0.1) is 0 Å². The van der Waals surface area contributed by atoms with Crippen molar-refractivity contribution < 1.29 is 9.21 Å². The van der Waals surface area contributed by atoms with Crippen molar-refractivity contribution >= 4 is 5.91 Å². The van der Waals surface area contributed by atoms with Gasteiger partial charge in [0.2, 0.25) is 0 Å². The zero-order valence-electron chi connectivity index (χ0n) is 8.36. The van der Waals surface area contributed by atoms with Gasteiger partial charge in [-0.2, -0.15) is 0 Å². The fraction of sp³-hybridized carbons (Fsp3) is 0.556. The van der Waals surface area contributed by atoms with E-state index >= 15 is 0 Å². The molecule has 1 amide bonds. The van der Waals surface area contributed by atoms with Crippen LogP contribution in [0.15, 0.2) is 17.1 Å². The number of rotatable bonds is 4. The van der Waals surface area contributed by atoms with E-state index in [0.29, 0.717) is 0 Å². The molecular weight excluding hydrogens is 182 g/mol. The van der Waals surface area contributed by atoms with Crippen LogP contribution in [0, 0.1) is 0 Å². The number of nitrogens with zero attached hydrogens (tertiary/aromatic N) is 1. The lowest BCUT2D eigenvalue weighted by atomic mass is 10.1. The van der Waals surface area contributed by atoms with E-state index in [2.05, 4.69) is 10.3 Å². The number of nitrogens with two attached hydrogens (primary N) is 1. The Balaban J connectivity index is 2.56. The van der Waals surface area contributed by atoms with Crippen molar-refractivity contribution in [2.24, 2.45) is 5.73 Å². The molecule has 5 heteroatoms. The monoisotopic (exact) mass is 197 g/mol. The molecule has 0 aliphatic rings. The Labute approximate surface area is 82.7 Å². The van der Waals surface area contributed by atoms with Gasteiger partial charge in [-0.25, -0.2) is 4.98 Å². The van der Waals surface area contributed by atoms with Crippen LogP contribution in [0.5, 0.6) is 0 Å². The van der Waals surface area contributed by atoms with E-state index in [1.54, 1.807) is 0 Å². The minimum Gasteiger partial charge on any atom is -0.451 e. The van der Waals surface area contributed by atoms with E-state index in [9.17, 15) is 4.79 Å². The molecule has 0 fully saturated rings. The third-order valence-corrected chi connectivity index (χ3v) is 2.06. The van der Waals surface area contributed by atoms with Gasteiger partial charge in [0.05, 0.1) is 0 Å². The molecule has 2 atom stereocenters. The predicted octanol–water partition coefficient (Wildman–Crippen LogP) is 0.530. The number of oxazole rings is 1. The molecule has 0 saturated carbocycles. The molecule has 0 aromatic carbocycles. The fourth-order valence-corrected chi connectivity index (χ4v) is 1.17. The zero-order chi connectivity index (χ0) is 10.6. The Morgan fingerprint density at radius 3 is 2.93 bits per heavy atom. The highest BCUT2D eigenvalue weighted by atomic mass is 16.3. The lowest BCUT2D eigenvalue weighted by molar-refractivity contribution is 0.0925. The Morgan fingerprint density at radius 2 is 2.50 bits per heavy atom. The third kappa shape index (κ3) is 2.56. The summed E-state index contributed by atoms with van der Waals surface area (Å²) in [6.07, 6.45) is 3.33. The molecule has 3 N–H and O–H groups in total. The Morgan fingerprint density at radius 1 is 1.79 bits per heavy atom. The molecule has 1 aromatic rings. The maximum Gasteiger partial charge on any atom is 0.273 e. The zero-order valence-corrected chi connectivity index (χ0v) is 8.36. The lowest BCUT2D eigenvalue weighted by Crippen LogP contribution is -2.45. The molecule has 5 nitrogen and oxygen atoms in total. The van der Waals surface area contributed by atoms with Crippen LogP contribution in [-0.2, 0) is 0 Å². The summed E-state index contributed by atoms with van der Waals surface area (Å²) >= 11 is 0. The van der Waals surface area contributed by atoms with Crippen LogP contribution in [0.4, 0.5) is 0 Å². The van der Waals surface area contributed by atoms with Crippen molar-refractivity contribution in [3.8, 4) is 0 Å². The maximum atomic E-state index is 11.5. The van der Waals surface area contributed by atoms with Crippen LogP contribution in [0.25, 0.3) is 0 Å². The molecule has 1 heterocycles. The molecule has 0 radical (unpaired) electrons. The number of nitrogens with one attached hydrogen (secondary N) is 1. The molecule has 0 aliphatic carbocycles. The normalized spacial score (nSPS) is 14.8. The van der Waals surface area contributed by atoms with Crippen molar-refractivity contribution in [1.29, 1.82) is 0 Å². The van der Waals surface area contributed by atoms with Crippen LogP contribution in [0.1, 0.15) is 30.8 Å². The summed E-state index contributed by atoms with van der Waals surface area (Å²) in [5.74, 6) is -0.247. The van der Waals surface area contributed by atoms with Crippen molar-refractivity contribution in [1.82, 2.24) is 10.3 Å². The molecule has 14 heavy (non-hydrogen) atoms. The first-order valence-corrected chi connectivity index (χ1v) is 4.59. The van der Waals surface area contributed by atoms with E-state index in [1.165, 1.54) is 12.7 Å². The summed E-state index contributed by atoms with van der Waals surface area (Å²) in [5, 5.41) is 2.78. The van der Waals surface area contributed by atoms with Gasteiger partial charge < -0.3 is 15.5 Å². The van der Waals surface area contributed by atoms with Crippen LogP contribution >= 0.6 is 0 Å². The number of aromatic nitrogens is 1. The summed E-state index contributed by atoms with van der Waals surface area (Å²) in [5.41, 5.74) is 5.97. The van der Waals surface area contributed by atoms with Crippen LogP contribution in [-0.4, -0.2) is 23.0 Å². The van der Waals surface area contributed by atoms with E-state index in [-0.39, 0.29) is 23.7 Å². The Hall–Kier alpha value is -1.36. The molecule has 1 rings (SSSR count). The Bertz CT molecular complexity index is 282. The van der Waals surface area contributed by atoms with Crippen LogP contribution in [0.2, 0.25) is 0 Å². The highest BCUT2D eigenvalue weighted by molar-refractivity contribution is 5.92. The van der Waals surface area contributed by atoms with Gasteiger partial charge in [0, 0.05) is 12.1 Å². The van der Waals surface area contributed by atoms with E-state index in [0.717, 1.165) is 6.42 Å². The van der Waals surface area contributed by atoms with Crippen molar-refractivity contribution in [3.63, 3.8) is 0 Å². The van der Waals surface area contributed by atoms with Gasteiger partial charge in [0.25, 0.3) is 5.91 Å². The van der Waals surface area contributed by atoms with Gasteiger partial charge >= 0.3 is 0 Å². The average molecular weight is 197 g/mol. The first kappa shape index (κ1) is 10.7. The standard InChI is InChI=1S/C9H15N3O2/c1-3-7(6(2)10)12-9(13)8-4-14-5-11-8/h4-7H,3,10H2,1-2H3,(H,12,13)/t6-,7-/m1/s1. The highest BCUT2D eigenvalue weighted by Crippen LogP contribution is 1.99. The van der Waals surface area contributed by atoms with Gasteiger partial charge in [0.1, 0.15) is 6.26 Å². The lowest BCUT2D eigenvalue weighted by Gasteiger charge is -2.19. The first-order valence-electron chi connectivity index (χ1n) is 4.59. The smallest absolute Gasteiger partial charge is 0.273 e. The van der Waals surface area contributed by atoms with E-state index in [1.807, 2.05) is 13.8 Å². The molecule has 0 saturated heterocycles. The maximum absolute atomic E-state index is 11.5. The van der Waals surface area contributed by atoms with Crippen molar-refractivity contribution in [2.75, 3.05) is 0 Å². The first-order chi connectivity index (χ1) is 6.65. The summed E-state index contributed by atoms with van der Waals surface area (Å²) in [6.45, 7) is 3.83. The summed E-state index contributed by atoms with van der Waals surface area (Å²) in [6, 6.07) is -0.102. The average Bonchev–Trinajstić information content (AvgIpc) is 2.65. The SMILES string of the molecule is CC[C@@H](NC(=O)c1cocn1)[C@@H](C)N. The number of carbonyl (C=O) groups is 1. The topological polar surface area (TPSA) is 81.2 Å². The molecule has 0 unspecified atom stereocenters. The second kappa shape index (κ2) is 4.76. The van der Waals surface area contributed by atoms with E-state index < -0.39 is 0 Å². The summed E-state index contributed by atoms with van der Waals surface area (Å²) in [4.78, 5) is 15.2. The summed E-state index contributed by atoms with van der Waals surface area (Å²) in [7, 11) is 0.